The van der Waals surface area contributed by atoms with Gasteiger partial charge in [-0.1, -0.05) is 12.1 Å². The lowest BCUT2D eigenvalue weighted by Crippen LogP contribution is -2.45. The van der Waals surface area contributed by atoms with Crippen molar-refractivity contribution in [2.24, 2.45) is 0 Å². The summed E-state index contributed by atoms with van der Waals surface area (Å²) >= 11 is 0. The highest BCUT2D eigenvalue weighted by molar-refractivity contribution is 5.89. The van der Waals surface area contributed by atoms with Crippen molar-refractivity contribution in [1.29, 1.82) is 0 Å². The highest BCUT2D eigenvalue weighted by Crippen LogP contribution is 2.32. The van der Waals surface area contributed by atoms with Crippen LogP contribution in [-0.2, 0) is 11.3 Å². The summed E-state index contributed by atoms with van der Waals surface area (Å²) in [6.07, 6.45) is 3.56. The molecule has 0 radical (unpaired) electrons. The topological polar surface area (TPSA) is 44.8 Å². The normalized spacial score (nSPS) is 23.8. The fraction of sp³-hybridized carbons (Fsp3) is 0.650. The molecule has 2 bridgehead atoms. The summed E-state index contributed by atoms with van der Waals surface area (Å²) in [5, 5.41) is 3.05. The molecule has 2 heterocycles. The molecule has 0 spiro atoms. The van der Waals surface area contributed by atoms with Crippen LogP contribution >= 0.6 is 0 Å². The van der Waals surface area contributed by atoms with E-state index in [1.54, 1.807) is 0 Å². The quantitative estimate of drug-likeness (QED) is 0.885. The fourth-order valence-corrected chi connectivity index (χ4v) is 4.25. The summed E-state index contributed by atoms with van der Waals surface area (Å²) in [5.41, 5.74) is 1.97. The number of benzene rings is 1. The molecule has 2 saturated heterocycles. The molecule has 2 atom stereocenters. The summed E-state index contributed by atoms with van der Waals surface area (Å²) in [5.74, 6) is 0. The third-order valence-electron chi connectivity index (χ3n) is 5.40. The van der Waals surface area contributed by atoms with Gasteiger partial charge in [0.05, 0.1) is 6.61 Å². The minimum absolute atomic E-state index is 0.0221. The molecule has 0 aromatic heterocycles. The number of amides is 2. The summed E-state index contributed by atoms with van der Waals surface area (Å²) in [6, 6.07) is 9.65. The van der Waals surface area contributed by atoms with E-state index in [1.165, 1.54) is 12.8 Å². The second-order valence-corrected chi connectivity index (χ2v) is 7.42. The van der Waals surface area contributed by atoms with Gasteiger partial charge < -0.3 is 15.0 Å². The van der Waals surface area contributed by atoms with Gasteiger partial charge in [-0.15, -0.1) is 0 Å². The van der Waals surface area contributed by atoms with Crippen molar-refractivity contribution in [3.8, 4) is 0 Å². The van der Waals surface area contributed by atoms with Gasteiger partial charge in [-0.3, -0.25) is 4.90 Å². The summed E-state index contributed by atoms with van der Waals surface area (Å²) in [4.78, 5) is 17.3. The smallest absolute Gasteiger partial charge is 0.321 e. The van der Waals surface area contributed by atoms with E-state index in [-0.39, 0.29) is 6.03 Å². The number of fused-ring (bicyclic) bond motifs is 2. The average Bonchev–Trinajstić information content (AvgIpc) is 2.88. The molecule has 0 saturated carbocycles. The van der Waals surface area contributed by atoms with Crippen LogP contribution in [0.5, 0.6) is 0 Å². The molecule has 1 aromatic carbocycles. The first-order valence-electron chi connectivity index (χ1n) is 9.58. The molecule has 0 unspecified atom stereocenters. The molecule has 2 aliphatic rings. The summed E-state index contributed by atoms with van der Waals surface area (Å²) < 4.78 is 5.41. The maximum atomic E-state index is 12.7. The number of carbonyl (C=O) groups is 1. The molecule has 3 rings (SSSR count). The number of hydrogen-bond acceptors (Lipinski definition) is 3. The average molecular weight is 345 g/mol. The Labute approximate surface area is 151 Å². The number of likely N-dealkylation sites (tertiary alicyclic amines) is 1. The zero-order valence-electron chi connectivity index (χ0n) is 15.7. The van der Waals surface area contributed by atoms with Gasteiger partial charge in [-0.25, -0.2) is 4.79 Å². The number of ether oxygens (including phenoxy) is 1. The maximum absolute atomic E-state index is 12.7. The van der Waals surface area contributed by atoms with Crippen LogP contribution in [0.25, 0.3) is 0 Å². The third-order valence-corrected chi connectivity index (χ3v) is 5.40. The Hall–Kier alpha value is -1.59. The molecule has 2 aliphatic heterocycles. The van der Waals surface area contributed by atoms with Gasteiger partial charge in [0, 0.05) is 43.5 Å². The van der Waals surface area contributed by atoms with Crippen molar-refractivity contribution in [3.63, 3.8) is 0 Å². The third kappa shape index (κ3) is 4.33. The van der Waals surface area contributed by atoms with E-state index in [4.69, 9.17) is 4.74 Å². The van der Waals surface area contributed by atoms with E-state index in [2.05, 4.69) is 24.1 Å². The second kappa shape index (κ2) is 8.19. The van der Waals surface area contributed by atoms with Crippen LogP contribution in [0.3, 0.4) is 0 Å². The van der Waals surface area contributed by atoms with E-state index in [9.17, 15) is 4.79 Å². The predicted molar refractivity (Wildman–Crippen MR) is 101 cm³/mol. The summed E-state index contributed by atoms with van der Waals surface area (Å²) in [7, 11) is 0. The Morgan fingerprint density at radius 3 is 2.60 bits per heavy atom. The van der Waals surface area contributed by atoms with Crippen molar-refractivity contribution in [2.45, 2.75) is 64.8 Å². The lowest BCUT2D eigenvalue weighted by molar-refractivity contribution is 0.134. The fourth-order valence-electron chi connectivity index (χ4n) is 4.25. The van der Waals surface area contributed by atoms with Gasteiger partial charge in [0.25, 0.3) is 0 Å². The van der Waals surface area contributed by atoms with Crippen LogP contribution in [0, 0.1) is 0 Å². The van der Waals surface area contributed by atoms with Crippen molar-refractivity contribution in [2.75, 3.05) is 25.0 Å². The summed E-state index contributed by atoms with van der Waals surface area (Å²) in [6.45, 7) is 9.54. The second-order valence-electron chi connectivity index (χ2n) is 7.42. The Kier molecular flexibility index (Phi) is 5.97. The van der Waals surface area contributed by atoms with Gasteiger partial charge >= 0.3 is 6.03 Å². The zero-order chi connectivity index (χ0) is 17.8. The SMILES string of the molecule is CCOCc1ccc(NC(=O)N2CC[C@H]3CC[C@@H](C2)N3C(C)C)cc1. The number of anilines is 1. The van der Waals surface area contributed by atoms with Crippen LogP contribution in [0.15, 0.2) is 24.3 Å². The van der Waals surface area contributed by atoms with E-state index in [1.807, 2.05) is 36.1 Å². The first kappa shape index (κ1) is 18.2. The molecule has 1 N–H and O–H groups in total. The molecule has 0 aliphatic carbocycles. The van der Waals surface area contributed by atoms with Crippen molar-refractivity contribution < 1.29 is 9.53 Å². The van der Waals surface area contributed by atoms with Gasteiger partial charge in [-0.2, -0.15) is 0 Å². The van der Waals surface area contributed by atoms with Crippen molar-refractivity contribution >= 4 is 11.7 Å². The number of carbonyl (C=O) groups excluding carboxylic acids is 1. The molecule has 138 valence electrons. The molecule has 2 amide bonds. The molecule has 25 heavy (non-hydrogen) atoms. The lowest BCUT2D eigenvalue weighted by atomic mass is 10.1. The van der Waals surface area contributed by atoms with E-state index < -0.39 is 0 Å². The van der Waals surface area contributed by atoms with Crippen LogP contribution < -0.4 is 5.32 Å². The highest BCUT2D eigenvalue weighted by Gasteiger charge is 2.39. The van der Waals surface area contributed by atoms with Gasteiger partial charge in [0.1, 0.15) is 0 Å². The molecular formula is C20H31N3O2. The number of urea groups is 1. The number of hydrogen-bond donors (Lipinski definition) is 1. The van der Waals surface area contributed by atoms with Crippen LogP contribution in [0.4, 0.5) is 10.5 Å². The van der Waals surface area contributed by atoms with Crippen molar-refractivity contribution in [3.05, 3.63) is 29.8 Å². The van der Waals surface area contributed by atoms with Crippen LogP contribution in [-0.4, -0.2) is 53.7 Å². The monoisotopic (exact) mass is 345 g/mol. The highest BCUT2D eigenvalue weighted by atomic mass is 16.5. The molecule has 1 aromatic rings. The molecule has 5 nitrogen and oxygen atoms in total. The Morgan fingerprint density at radius 2 is 1.92 bits per heavy atom. The molecule has 2 fully saturated rings. The number of nitrogens with zero attached hydrogens (tertiary/aromatic N) is 2. The number of nitrogens with one attached hydrogen (secondary N) is 1. The minimum atomic E-state index is 0.0221. The Balaban J connectivity index is 1.58. The molecule has 5 heteroatoms. The Bertz CT molecular complexity index is 573. The van der Waals surface area contributed by atoms with Crippen LogP contribution in [0.1, 0.15) is 45.6 Å². The molecular weight excluding hydrogens is 314 g/mol. The zero-order valence-corrected chi connectivity index (χ0v) is 15.7. The van der Waals surface area contributed by atoms with E-state index in [0.29, 0.717) is 31.3 Å². The van der Waals surface area contributed by atoms with Crippen LogP contribution in [0.2, 0.25) is 0 Å². The minimum Gasteiger partial charge on any atom is -0.377 e. The van der Waals surface area contributed by atoms with E-state index in [0.717, 1.165) is 30.8 Å². The van der Waals surface area contributed by atoms with Gasteiger partial charge in [0.2, 0.25) is 0 Å². The lowest BCUT2D eigenvalue weighted by Gasteiger charge is -2.32. The Morgan fingerprint density at radius 1 is 1.20 bits per heavy atom. The largest absolute Gasteiger partial charge is 0.377 e. The first-order chi connectivity index (χ1) is 12.1. The predicted octanol–water partition coefficient (Wildman–Crippen LogP) is 3.70. The van der Waals surface area contributed by atoms with E-state index >= 15 is 0 Å². The van der Waals surface area contributed by atoms with Gasteiger partial charge in [-0.05, 0) is 57.7 Å². The first-order valence-corrected chi connectivity index (χ1v) is 9.58. The number of rotatable bonds is 5. The standard InChI is InChI=1S/C20H31N3O2/c1-4-25-14-16-5-7-17(8-6-16)21-20(24)22-12-11-18-9-10-19(13-22)23(18)15(2)3/h5-8,15,18-19H,4,9-14H2,1-3H3,(H,21,24)/t18-,19+/m1/s1. The van der Waals surface area contributed by atoms with Crippen molar-refractivity contribution in [1.82, 2.24) is 9.80 Å². The van der Waals surface area contributed by atoms with Gasteiger partial charge in [0.15, 0.2) is 0 Å². The maximum Gasteiger partial charge on any atom is 0.321 e.